The molecule has 9 heteroatoms. The Bertz CT molecular complexity index is 1380. The average Bonchev–Trinajstić information content (AvgIpc) is 3.19. The normalized spacial score (nSPS) is 13.4. The number of pyridine rings is 1. The molecule has 3 heterocycles. The molecule has 0 N–H and O–H groups in total. The van der Waals surface area contributed by atoms with Gasteiger partial charge in [0.05, 0.1) is 43.6 Å². The van der Waals surface area contributed by atoms with E-state index in [-0.39, 0.29) is 22.0 Å². The zero-order valence-corrected chi connectivity index (χ0v) is 16.9. The van der Waals surface area contributed by atoms with Crippen LogP contribution in [0.4, 0.5) is 10.1 Å². The molecule has 2 aromatic carbocycles. The highest BCUT2D eigenvalue weighted by atomic mass is 35.5. The van der Waals surface area contributed by atoms with Gasteiger partial charge in [0.2, 0.25) is 0 Å². The topological polar surface area (TPSA) is 68.1 Å². The molecule has 0 spiro atoms. The van der Waals surface area contributed by atoms with Crippen LogP contribution in [0, 0.1) is 12.7 Å². The number of nitrogens with zero attached hydrogens (tertiary/aromatic N) is 4. The van der Waals surface area contributed by atoms with Gasteiger partial charge in [-0.15, -0.1) is 0 Å². The summed E-state index contributed by atoms with van der Waals surface area (Å²) in [6, 6.07) is 10.3. The molecule has 0 fully saturated rings. The second-order valence-electron chi connectivity index (χ2n) is 6.76. The van der Waals surface area contributed by atoms with Crippen LogP contribution < -0.4 is 4.90 Å². The highest BCUT2D eigenvalue weighted by molar-refractivity contribution is 6.43. The number of carbonyl (C=O) groups is 2. The van der Waals surface area contributed by atoms with E-state index >= 15 is 0 Å². The number of rotatable bonds is 2. The van der Waals surface area contributed by atoms with Gasteiger partial charge < -0.3 is 0 Å². The number of amides is 2. The van der Waals surface area contributed by atoms with Crippen molar-refractivity contribution in [2.45, 2.75) is 6.92 Å². The number of anilines is 1. The average molecular weight is 441 g/mol. The fourth-order valence-electron chi connectivity index (χ4n) is 3.58. The summed E-state index contributed by atoms with van der Waals surface area (Å²) in [6.07, 6.45) is 1.36. The van der Waals surface area contributed by atoms with E-state index in [0.29, 0.717) is 33.1 Å². The maximum Gasteiger partial charge on any atom is 0.267 e. The maximum atomic E-state index is 13.3. The monoisotopic (exact) mass is 440 g/mol. The van der Waals surface area contributed by atoms with Gasteiger partial charge in [-0.1, -0.05) is 23.2 Å². The van der Waals surface area contributed by atoms with Crippen LogP contribution in [0.1, 0.15) is 26.4 Å². The third-order valence-electron chi connectivity index (χ3n) is 4.95. The van der Waals surface area contributed by atoms with Gasteiger partial charge in [0.15, 0.2) is 5.65 Å². The molecule has 4 aromatic rings. The fourth-order valence-corrected chi connectivity index (χ4v) is 3.87. The molecule has 148 valence electrons. The minimum absolute atomic E-state index is 0.181. The van der Waals surface area contributed by atoms with Crippen LogP contribution in [0.25, 0.3) is 16.7 Å². The highest BCUT2D eigenvalue weighted by Crippen LogP contribution is 2.36. The summed E-state index contributed by atoms with van der Waals surface area (Å²) in [6.45, 7) is 1.73. The van der Waals surface area contributed by atoms with Gasteiger partial charge in [-0.2, -0.15) is 5.10 Å². The molecule has 0 aliphatic carbocycles. The van der Waals surface area contributed by atoms with E-state index in [1.165, 1.54) is 35.1 Å². The van der Waals surface area contributed by atoms with Crippen LogP contribution >= 0.6 is 23.2 Å². The molecule has 1 aliphatic heterocycles. The Kier molecular flexibility index (Phi) is 4.13. The number of hydrogen-bond donors (Lipinski definition) is 0. The Morgan fingerprint density at radius 3 is 2.33 bits per heavy atom. The molecular weight excluding hydrogens is 430 g/mol. The summed E-state index contributed by atoms with van der Waals surface area (Å²) < 4.78 is 14.8. The largest absolute Gasteiger partial charge is 0.268 e. The van der Waals surface area contributed by atoms with Crippen molar-refractivity contribution < 1.29 is 14.0 Å². The lowest BCUT2D eigenvalue weighted by molar-refractivity contribution is 0.0926. The molecule has 0 atom stereocenters. The van der Waals surface area contributed by atoms with E-state index in [0.717, 1.165) is 4.90 Å². The van der Waals surface area contributed by atoms with Crippen molar-refractivity contribution >= 4 is 51.7 Å². The molecule has 0 radical (unpaired) electrons. The third-order valence-corrected chi connectivity index (χ3v) is 5.69. The van der Waals surface area contributed by atoms with Crippen LogP contribution in [-0.4, -0.2) is 26.6 Å². The molecule has 2 aromatic heterocycles. The van der Waals surface area contributed by atoms with E-state index < -0.39 is 11.8 Å². The summed E-state index contributed by atoms with van der Waals surface area (Å²) in [5.74, 6) is -1.38. The second kappa shape index (κ2) is 6.62. The summed E-state index contributed by atoms with van der Waals surface area (Å²) >= 11 is 12.0. The van der Waals surface area contributed by atoms with Gasteiger partial charge in [0.1, 0.15) is 5.82 Å². The van der Waals surface area contributed by atoms with Crippen molar-refractivity contribution in [3.63, 3.8) is 0 Å². The first-order chi connectivity index (χ1) is 14.4. The molecule has 6 nitrogen and oxygen atoms in total. The quantitative estimate of drug-likeness (QED) is 0.412. The number of aryl methyl sites for hydroxylation is 1. The fraction of sp³-hybridized carbons (Fsp3) is 0.0476. The van der Waals surface area contributed by atoms with Gasteiger partial charge in [0.25, 0.3) is 11.8 Å². The van der Waals surface area contributed by atoms with Gasteiger partial charge >= 0.3 is 0 Å². The standard InChI is InChI=1S/C21H11Cl2FN4O2/c1-10-17-18-14(9-25-19(17)28(26-10)12-4-2-11(24)3-5-12)20(29)27(21(18)30)13-6-7-15(22)16(23)8-13/h2-9H,1H3. The molecule has 0 bridgehead atoms. The number of fused-ring (bicyclic) bond motifs is 3. The van der Waals surface area contributed by atoms with Gasteiger partial charge in [0, 0.05) is 6.20 Å². The zero-order chi connectivity index (χ0) is 21.2. The summed E-state index contributed by atoms with van der Waals surface area (Å²) in [5.41, 5.74) is 2.22. The molecule has 2 amide bonds. The minimum atomic E-state index is -0.503. The van der Waals surface area contributed by atoms with Crippen LogP contribution in [-0.2, 0) is 0 Å². The van der Waals surface area contributed by atoms with E-state index in [1.54, 1.807) is 25.1 Å². The van der Waals surface area contributed by atoms with Crippen LogP contribution in [0.3, 0.4) is 0 Å². The van der Waals surface area contributed by atoms with Crippen molar-refractivity contribution in [2.75, 3.05) is 4.90 Å². The molecule has 0 saturated heterocycles. The SMILES string of the molecule is Cc1nn(-c2ccc(F)cc2)c2ncc3c(c12)C(=O)N(c1ccc(Cl)c(Cl)c1)C3=O. The Hall–Kier alpha value is -3.29. The number of benzene rings is 2. The first kappa shape index (κ1) is 18.7. The van der Waals surface area contributed by atoms with Crippen LogP contribution in [0.2, 0.25) is 10.0 Å². The summed E-state index contributed by atoms with van der Waals surface area (Å²) in [7, 11) is 0. The summed E-state index contributed by atoms with van der Waals surface area (Å²) in [4.78, 5) is 31.7. The lowest BCUT2D eigenvalue weighted by Gasteiger charge is -2.14. The van der Waals surface area contributed by atoms with Crippen LogP contribution in [0.5, 0.6) is 0 Å². The van der Waals surface area contributed by atoms with Crippen molar-refractivity contribution in [3.05, 3.63) is 81.3 Å². The summed E-state index contributed by atoms with van der Waals surface area (Å²) in [5, 5.41) is 5.48. The molecule has 30 heavy (non-hydrogen) atoms. The van der Waals surface area contributed by atoms with Gasteiger partial charge in [-0.05, 0) is 49.4 Å². The van der Waals surface area contributed by atoms with E-state index in [1.807, 2.05) is 0 Å². The Balaban J connectivity index is 1.70. The number of carbonyl (C=O) groups excluding carboxylic acids is 2. The van der Waals surface area contributed by atoms with Gasteiger partial charge in [-0.3, -0.25) is 9.59 Å². The number of imide groups is 1. The predicted octanol–water partition coefficient (Wildman–Crippen LogP) is 4.98. The first-order valence-electron chi connectivity index (χ1n) is 8.85. The molecule has 5 rings (SSSR count). The third kappa shape index (κ3) is 2.63. The maximum absolute atomic E-state index is 13.3. The smallest absolute Gasteiger partial charge is 0.267 e. The number of aromatic nitrogens is 3. The lowest BCUT2D eigenvalue weighted by Crippen LogP contribution is -2.29. The van der Waals surface area contributed by atoms with E-state index in [2.05, 4.69) is 10.1 Å². The van der Waals surface area contributed by atoms with Crippen molar-refractivity contribution in [1.29, 1.82) is 0 Å². The lowest BCUT2D eigenvalue weighted by atomic mass is 10.1. The van der Waals surface area contributed by atoms with Gasteiger partial charge in [-0.25, -0.2) is 19.0 Å². The molecule has 0 saturated carbocycles. The number of hydrogen-bond acceptors (Lipinski definition) is 4. The zero-order valence-electron chi connectivity index (χ0n) is 15.4. The minimum Gasteiger partial charge on any atom is -0.268 e. The molecule has 1 aliphatic rings. The predicted molar refractivity (Wildman–Crippen MR) is 111 cm³/mol. The second-order valence-corrected chi connectivity index (χ2v) is 7.58. The number of halogens is 3. The highest BCUT2D eigenvalue weighted by Gasteiger charge is 2.40. The molecular formula is C21H11Cl2FN4O2. The van der Waals surface area contributed by atoms with Crippen molar-refractivity contribution in [2.24, 2.45) is 0 Å². The van der Waals surface area contributed by atoms with E-state index in [9.17, 15) is 14.0 Å². The Labute approximate surface area is 179 Å². The Morgan fingerprint density at radius 1 is 0.933 bits per heavy atom. The molecule has 0 unspecified atom stereocenters. The van der Waals surface area contributed by atoms with Crippen molar-refractivity contribution in [3.8, 4) is 5.69 Å². The van der Waals surface area contributed by atoms with E-state index in [4.69, 9.17) is 23.2 Å². The first-order valence-corrected chi connectivity index (χ1v) is 9.60. The van der Waals surface area contributed by atoms with Crippen molar-refractivity contribution in [1.82, 2.24) is 14.8 Å². The Morgan fingerprint density at radius 2 is 1.63 bits per heavy atom. The van der Waals surface area contributed by atoms with Crippen LogP contribution in [0.15, 0.2) is 48.7 Å².